The molecule has 17 heavy (non-hydrogen) atoms. The van der Waals surface area contributed by atoms with Gasteiger partial charge in [-0.15, -0.1) is 0 Å². The van der Waals surface area contributed by atoms with E-state index in [1.807, 2.05) is 19.0 Å². The van der Waals surface area contributed by atoms with Gasteiger partial charge in [-0.1, -0.05) is 0 Å². The van der Waals surface area contributed by atoms with Gasteiger partial charge in [-0.25, -0.2) is 0 Å². The molecule has 0 atom stereocenters. The number of hydrogen-bond donors (Lipinski definition) is 0. The van der Waals surface area contributed by atoms with E-state index in [1.165, 1.54) is 19.3 Å². The van der Waals surface area contributed by atoms with E-state index in [2.05, 4.69) is 0 Å². The molecule has 0 bridgehead atoms. The molecule has 0 radical (unpaired) electrons. The molecule has 0 unspecified atom stereocenters. The second-order valence-electron chi connectivity index (χ2n) is 4.11. The minimum Gasteiger partial charge on any atom is -0.465 e. The molecule has 0 aliphatic rings. The molecule has 0 spiro atoms. The molecule has 0 amide bonds. The van der Waals surface area contributed by atoms with Crippen LogP contribution in [0.25, 0.3) is 6.08 Å². The average molecular weight is 235 g/mol. The van der Waals surface area contributed by atoms with Crippen LogP contribution in [-0.4, -0.2) is 37.1 Å². The van der Waals surface area contributed by atoms with Crippen molar-refractivity contribution in [1.82, 2.24) is 4.90 Å². The molecule has 0 saturated heterocycles. The molecule has 0 saturated carbocycles. The molecule has 0 aliphatic carbocycles. The molecular formula is C13H17NO3. The number of carbonyl (C=O) groups is 2. The van der Waals surface area contributed by atoms with Gasteiger partial charge in [0.25, 0.3) is 0 Å². The third-order valence-electron chi connectivity index (χ3n) is 2.30. The Bertz CT molecular complexity index is 416. The third-order valence-corrected chi connectivity index (χ3v) is 2.30. The Balaban J connectivity index is 2.79. The van der Waals surface area contributed by atoms with Gasteiger partial charge in [0.05, 0.1) is 11.8 Å². The first-order valence-electron chi connectivity index (χ1n) is 5.44. The first-order valence-corrected chi connectivity index (χ1v) is 5.44. The lowest BCUT2D eigenvalue weighted by atomic mass is 10.0. The van der Waals surface area contributed by atoms with Crippen molar-refractivity contribution in [1.29, 1.82) is 0 Å². The van der Waals surface area contributed by atoms with Crippen molar-refractivity contribution in [3.05, 3.63) is 29.7 Å². The Kier molecular flexibility index (Phi) is 4.84. The normalized spacial score (nSPS) is 11.9. The van der Waals surface area contributed by atoms with Gasteiger partial charge < -0.3 is 9.32 Å². The summed E-state index contributed by atoms with van der Waals surface area (Å²) in [6.07, 6.45) is 3.34. The lowest BCUT2D eigenvalue weighted by Crippen LogP contribution is -2.19. The molecule has 0 fully saturated rings. The lowest BCUT2D eigenvalue weighted by molar-refractivity contribution is -0.120. The SMILES string of the molecule is CC(=O)/C(=C/c1ccco1)C(=O)CCN(C)C. The topological polar surface area (TPSA) is 50.5 Å². The highest BCUT2D eigenvalue weighted by atomic mass is 16.3. The van der Waals surface area contributed by atoms with E-state index in [9.17, 15) is 9.59 Å². The molecule has 0 aliphatic heterocycles. The van der Waals surface area contributed by atoms with Gasteiger partial charge in [0.15, 0.2) is 11.6 Å². The zero-order chi connectivity index (χ0) is 12.8. The predicted molar refractivity (Wildman–Crippen MR) is 65.5 cm³/mol. The van der Waals surface area contributed by atoms with E-state index in [0.29, 0.717) is 18.7 Å². The summed E-state index contributed by atoms with van der Waals surface area (Å²) in [6, 6.07) is 3.43. The Hall–Kier alpha value is -1.68. The molecular weight excluding hydrogens is 218 g/mol. The highest BCUT2D eigenvalue weighted by Gasteiger charge is 2.15. The number of nitrogens with zero attached hydrogens (tertiary/aromatic N) is 1. The molecule has 1 aromatic rings. The van der Waals surface area contributed by atoms with Gasteiger partial charge in [0.1, 0.15) is 5.76 Å². The average Bonchev–Trinajstić information content (AvgIpc) is 2.74. The molecule has 4 nitrogen and oxygen atoms in total. The van der Waals surface area contributed by atoms with Crippen molar-refractivity contribution in [3.63, 3.8) is 0 Å². The number of rotatable bonds is 6. The van der Waals surface area contributed by atoms with Gasteiger partial charge in [0, 0.05) is 13.0 Å². The fraction of sp³-hybridized carbons (Fsp3) is 0.385. The summed E-state index contributed by atoms with van der Waals surface area (Å²) < 4.78 is 5.10. The molecule has 0 N–H and O–H groups in total. The molecule has 4 heteroatoms. The monoisotopic (exact) mass is 235 g/mol. The number of ketones is 2. The second kappa shape index (κ2) is 6.15. The summed E-state index contributed by atoms with van der Waals surface area (Å²) in [5.41, 5.74) is 0.196. The van der Waals surface area contributed by atoms with Crippen LogP contribution in [0.5, 0.6) is 0 Å². The minimum absolute atomic E-state index is 0.150. The maximum atomic E-state index is 11.9. The Labute approximate surface area is 101 Å². The van der Waals surface area contributed by atoms with E-state index in [0.717, 1.165) is 0 Å². The smallest absolute Gasteiger partial charge is 0.167 e. The number of carbonyl (C=O) groups excluding carboxylic acids is 2. The Morgan fingerprint density at radius 3 is 2.59 bits per heavy atom. The van der Waals surface area contributed by atoms with Gasteiger partial charge >= 0.3 is 0 Å². The zero-order valence-corrected chi connectivity index (χ0v) is 10.4. The van der Waals surface area contributed by atoms with Crippen LogP contribution in [0.1, 0.15) is 19.1 Å². The molecule has 1 aromatic heterocycles. The first-order chi connectivity index (χ1) is 8.00. The zero-order valence-electron chi connectivity index (χ0n) is 10.4. The third kappa shape index (κ3) is 4.36. The van der Waals surface area contributed by atoms with Gasteiger partial charge in [0.2, 0.25) is 0 Å². The summed E-state index contributed by atoms with van der Waals surface area (Å²) in [6.45, 7) is 2.02. The van der Waals surface area contributed by atoms with Crippen LogP contribution >= 0.6 is 0 Å². The number of hydrogen-bond acceptors (Lipinski definition) is 4. The van der Waals surface area contributed by atoms with E-state index in [-0.39, 0.29) is 17.1 Å². The van der Waals surface area contributed by atoms with Crippen molar-refractivity contribution in [2.45, 2.75) is 13.3 Å². The highest BCUT2D eigenvalue weighted by Crippen LogP contribution is 2.11. The van der Waals surface area contributed by atoms with E-state index in [4.69, 9.17) is 4.42 Å². The predicted octanol–water partition coefficient (Wildman–Crippen LogP) is 1.77. The second-order valence-corrected chi connectivity index (χ2v) is 4.11. The molecule has 92 valence electrons. The maximum absolute atomic E-state index is 11.9. The standard InChI is InChI=1S/C13H17NO3/c1-10(15)12(9-11-5-4-8-17-11)13(16)6-7-14(2)3/h4-5,8-9H,6-7H2,1-3H3/b12-9-. The number of allylic oxidation sites excluding steroid dienone is 1. The van der Waals surface area contributed by atoms with Crippen LogP contribution in [0.3, 0.4) is 0 Å². The Morgan fingerprint density at radius 2 is 2.12 bits per heavy atom. The van der Waals surface area contributed by atoms with Crippen LogP contribution < -0.4 is 0 Å². The highest BCUT2D eigenvalue weighted by molar-refractivity contribution is 6.22. The summed E-state index contributed by atoms with van der Waals surface area (Å²) in [5, 5.41) is 0. The number of Topliss-reactive ketones (excluding diaryl/α,β-unsaturated/α-hetero) is 2. The molecule has 0 aromatic carbocycles. The van der Waals surface area contributed by atoms with E-state index in [1.54, 1.807) is 12.1 Å². The minimum atomic E-state index is -0.231. The Morgan fingerprint density at radius 1 is 1.41 bits per heavy atom. The lowest BCUT2D eigenvalue weighted by Gasteiger charge is -2.08. The van der Waals surface area contributed by atoms with Crippen LogP contribution in [0, 0.1) is 0 Å². The fourth-order valence-corrected chi connectivity index (χ4v) is 1.35. The van der Waals surface area contributed by atoms with Crippen molar-refractivity contribution >= 4 is 17.6 Å². The van der Waals surface area contributed by atoms with Crippen LogP contribution in [0.4, 0.5) is 0 Å². The first kappa shape index (κ1) is 13.4. The van der Waals surface area contributed by atoms with E-state index >= 15 is 0 Å². The van der Waals surface area contributed by atoms with Crippen molar-refractivity contribution < 1.29 is 14.0 Å². The maximum Gasteiger partial charge on any atom is 0.167 e. The van der Waals surface area contributed by atoms with Gasteiger partial charge in [-0.05, 0) is 39.2 Å². The summed E-state index contributed by atoms with van der Waals surface area (Å²) in [7, 11) is 3.77. The summed E-state index contributed by atoms with van der Waals surface area (Å²) >= 11 is 0. The van der Waals surface area contributed by atoms with Crippen molar-refractivity contribution in [3.8, 4) is 0 Å². The fourth-order valence-electron chi connectivity index (χ4n) is 1.35. The van der Waals surface area contributed by atoms with Gasteiger partial charge in [-0.2, -0.15) is 0 Å². The summed E-state index contributed by atoms with van der Waals surface area (Å²) in [4.78, 5) is 25.2. The van der Waals surface area contributed by atoms with Gasteiger partial charge in [-0.3, -0.25) is 9.59 Å². The van der Waals surface area contributed by atoms with Crippen molar-refractivity contribution in [2.24, 2.45) is 0 Å². The largest absolute Gasteiger partial charge is 0.465 e. The van der Waals surface area contributed by atoms with Crippen LogP contribution in [0.15, 0.2) is 28.4 Å². The number of furan rings is 1. The molecule has 1 rings (SSSR count). The summed E-state index contributed by atoms with van der Waals surface area (Å²) in [5.74, 6) is 0.140. The van der Waals surface area contributed by atoms with Crippen LogP contribution in [-0.2, 0) is 9.59 Å². The van der Waals surface area contributed by atoms with Crippen molar-refractivity contribution in [2.75, 3.05) is 20.6 Å². The quantitative estimate of drug-likeness (QED) is 0.428. The van der Waals surface area contributed by atoms with E-state index < -0.39 is 0 Å². The van der Waals surface area contributed by atoms with Crippen LogP contribution in [0.2, 0.25) is 0 Å². The molecule has 1 heterocycles.